The smallest absolute Gasteiger partial charge is 0.407 e. The zero-order valence-electron chi connectivity index (χ0n) is 47.7. The van der Waals surface area contributed by atoms with E-state index in [9.17, 15) is 38.7 Å². The van der Waals surface area contributed by atoms with Gasteiger partial charge in [-0.1, -0.05) is 158 Å². The molecule has 17 nitrogen and oxygen atoms in total. The van der Waals surface area contributed by atoms with E-state index in [2.05, 4.69) is 28.2 Å². The quantitative estimate of drug-likeness (QED) is 0.0236. The van der Waals surface area contributed by atoms with Crippen LogP contribution in [0.3, 0.4) is 0 Å². The summed E-state index contributed by atoms with van der Waals surface area (Å²) >= 11 is 0. The molecule has 0 aromatic heterocycles. The molecule has 0 fully saturated rings. The van der Waals surface area contributed by atoms with Gasteiger partial charge in [0.25, 0.3) is 0 Å². The average molecular weight is 1090 g/mol. The van der Waals surface area contributed by atoms with Gasteiger partial charge in [-0.15, -0.1) is 0 Å². The lowest BCUT2D eigenvalue weighted by Gasteiger charge is -2.19. The van der Waals surface area contributed by atoms with Crippen LogP contribution < -0.4 is 21.3 Å². The van der Waals surface area contributed by atoms with Gasteiger partial charge < -0.3 is 50.1 Å². The number of carboxylic acid groups (broad SMARTS) is 1. The van der Waals surface area contributed by atoms with Crippen molar-refractivity contribution in [3.05, 3.63) is 59.7 Å². The number of aliphatic carboxylic acids is 1. The number of unbranched alkanes of at least 4 members (excludes halogenated alkanes) is 18. The Morgan fingerprint density at radius 3 is 1.65 bits per heavy atom. The third-order valence-corrected chi connectivity index (χ3v) is 13.6. The number of alkyl carbamates (subject to hydrolysis) is 1. The molecule has 2 aromatic carbocycles. The fraction of sp³-hybridized carbons (Fsp3) is 0.689. The molecule has 438 valence electrons. The van der Waals surface area contributed by atoms with Crippen LogP contribution in [0.15, 0.2) is 48.5 Å². The van der Waals surface area contributed by atoms with Gasteiger partial charge in [-0.25, -0.2) is 14.4 Å². The highest BCUT2D eigenvalue weighted by atomic mass is 16.6. The summed E-state index contributed by atoms with van der Waals surface area (Å²) in [6, 6.07) is 13.9. The number of rotatable bonds is 45. The fourth-order valence-corrected chi connectivity index (χ4v) is 9.37. The molecule has 0 bridgehead atoms. The Labute approximate surface area is 465 Å². The highest BCUT2D eigenvalue weighted by Gasteiger charge is 2.30. The SMILES string of the molecule is CCCCCOC(=O)[C@H](CCC(=O)NCCOCCOCC(=O)NCCCC[C@H](NC(=O)OCC1c2ccccc2-c2ccccc21)C(=O)O)NC(=O)CCCCCCCCCCCCCCCCCCC(=O)OC(C)(C)C. The Balaban J connectivity index is 1.15. The fourth-order valence-electron chi connectivity index (χ4n) is 9.37. The van der Waals surface area contributed by atoms with Crippen molar-refractivity contribution in [2.24, 2.45) is 0 Å². The maximum Gasteiger partial charge on any atom is 0.407 e. The summed E-state index contributed by atoms with van der Waals surface area (Å²) in [5, 5.41) is 20.5. The second-order valence-electron chi connectivity index (χ2n) is 21.5. The largest absolute Gasteiger partial charge is 0.480 e. The number of fused-ring (bicyclic) bond motifs is 3. The van der Waals surface area contributed by atoms with Crippen molar-refractivity contribution >= 4 is 41.7 Å². The molecule has 5 N–H and O–H groups in total. The van der Waals surface area contributed by atoms with Gasteiger partial charge in [-0.3, -0.25) is 19.2 Å². The van der Waals surface area contributed by atoms with Crippen LogP contribution in [0.1, 0.15) is 212 Å². The molecule has 0 spiro atoms. The van der Waals surface area contributed by atoms with E-state index in [1.807, 2.05) is 69.3 Å². The maximum atomic E-state index is 12.9. The zero-order valence-corrected chi connectivity index (χ0v) is 47.7. The maximum absolute atomic E-state index is 12.9. The van der Waals surface area contributed by atoms with E-state index in [1.54, 1.807) is 0 Å². The molecule has 0 heterocycles. The van der Waals surface area contributed by atoms with E-state index >= 15 is 0 Å². The van der Waals surface area contributed by atoms with E-state index in [0.29, 0.717) is 32.2 Å². The summed E-state index contributed by atoms with van der Waals surface area (Å²) in [5.74, 6) is -2.78. The van der Waals surface area contributed by atoms with Crippen LogP contribution in [-0.4, -0.2) is 117 Å². The Kier molecular flexibility index (Phi) is 34.7. The first-order chi connectivity index (χ1) is 37.7. The van der Waals surface area contributed by atoms with Crippen LogP contribution in [0.25, 0.3) is 11.1 Å². The lowest BCUT2D eigenvalue weighted by atomic mass is 9.98. The minimum Gasteiger partial charge on any atom is -0.480 e. The molecule has 0 saturated heterocycles. The highest BCUT2D eigenvalue weighted by molar-refractivity contribution is 5.85. The summed E-state index contributed by atoms with van der Waals surface area (Å²) < 4.78 is 27.2. The third kappa shape index (κ3) is 30.6. The van der Waals surface area contributed by atoms with Gasteiger partial charge in [0.15, 0.2) is 0 Å². The molecule has 1 aliphatic rings. The topological polar surface area (TPSA) is 234 Å². The van der Waals surface area contributed by atoms with Crippen LogP contribution in [0.2, 0.25) is 0 Å². The number of carbonyl (C=O) groups excluding carboxylic acids is 6. The first-order valence-corrected chi connectivity index (χ1v) is 29.4. The summed E-state index contributed by atoms with van der Waals surface area (Å²) in [6.07, 6.45) is 22.3. The van der Waals surface area contributed by atoms with Gasteiger partial charge >= 0.3 is 24.0 Å². The van der Waals surface area contributed by atoms with Gasteiger partial charge in [0.05, 0.1) is 26.4 Å². The lowest BCUT2D eigenvalue weighted by Crippen LogP contribution is -2.42. The number of benzene rings is 2. The van der Waals surface area contributed by atoms with Crippen molar-refractivity contribution in [2.45, 2.75) is 218 Å². The molecule has 2 atom stereocenters. The van der Waals surface area contributed by atoms with E-state index < -0.39 is 35.7 Å². The summed E-state index contributed by atoms with van der Waals surface area (Å²) in [6.45, 7) is 9.00. The number of amides is 4. The van der Waals surface area contributed by atoms with Crippen molar-refractivity contribution in [3.8, 4) is 11.1 Å². The van der Waals surface area contributed by atoms with Gasteiger partial charge in [0.1, 0.15) is 30.9 Å². The van der Waals surface area contributed by atoms with Gasteiger partial charge in [0.2, 0.25) is 17.7 Å². The van der Waals surface area contributed by atoms with Crippen molar-refractivity contribution in [1.29, 1.82) is 0 Å². The summed E-state index contributed by atoms with van der Waals surface area (Å²) in [7, 11) is 0. The molecule has 1 aliphatic carbocycles. The average Bonchev–Trinajstić information content (AvgIpc) is 3.80. The molecule has 17 heteroatoms. The Hall–Kier alpha value is -5.55. The van der Waals surface area contributed by atoms with Gasteiger partial charge in [0, 0.05) is 38.3 Å². The van der Waals surface area contributed by atoms with E-state index in [-0.39, 0.29) is 95.1 Å². The van der Waals surface area contributed by atoms with Gasteiger partial charge in [-0.05, 0) is 88.0 Å². The standard InChI is InChI=1S/C61H96N4O13/c1-5-6-29-41-76-59(72)53(64-55(67)35-21-19-17-15-13-11-9-7-8-10-12-14-16-18-20-22-36-57(69)78-61(2,3)4)37-38-54(66)63-40-42-74-43-44-75-46-56(68)62-39-28-27-34-52(58(70)71)65-60(73)77-45-51-49-32-25-23-30-47(49)48-31-24-26-33-50(48)51/h23-26,30-33,51-53H,5-22,27-29,34-46H2,1-4H3,(H,62,68)(H,63,66)(H,64,67)(H,65,73)(H,70,71)/t52-,53-/m0/s1. The number of hydrogen-bond acceptors (Lipinski definition) is 12. The molecular formula is C61H96N4O13. The first kappa shape index (κ1) is 66.7. The number of carboxylic acids is 1. The number of hydrogen-bond donors (Lipinski definition) is 5. The third-order valence-electron chi connectivity index (χ3n) is 13.6. The van der Waals surface area contributed by atoms with Crippen LogP contribution in [0.4, 0.5) is 4.79 Å². The summed E-state index contributed by atoms with van der Waals surface area (Å²) in [5.41, 5.74) is 3.90. The van der Waals surface area contributed by atoms with Crippen molar-refractivity contribution in [3.63, 3.8) is 0 Å². The van der Waals surface area contributed by atoms with Crippen molar-refractivity contribution in [2.75, 3.05) is 52.7 Å². The zero-order chi connectivity index (χ0) is 56.6. The second kappa shape index (κ2) is 40.6. The first-order valence-electron chi connectivity index (χ1n) is 29.4. The molecular weight excluding hydrogens is 997 g/mol. The molecule has 78 heavy (non-hydrogen) atoms. The Bertz CT molecular complexity index is 2010. The van der Waals surface area contributed by atoms with Crippen molar-refractivity contribution in [1.82, 2.24) is 21.3 Å². The van der Waals surface area contributed by atoms with Crippen LogP contribution in [-0.2, 0) is 52.5 Å². The minimum atomic E-state index is -1.17. The van der Waals surface area contributed by atoms with Crippen LogP contribution in [0.5, 0.6) is 0 Å². The lowest BCUT2D eigenvalue weighted by molar-refractivity contribution is -0.155. The molecule has 0 unspecified atom stereocenters. The van der Waals surface area contributed by atoms with Crippen LogP contribution >= 0.6 is 0 Å². The van der Waals surface area contributed by atoms with Gasteiger partial charge in [-0.2, -0.15) is 0 Å². The van der Waals surface area contributed by atoms with Crippen LogP contribution in [0, 0.1) is 0 Å². The van der Waals surface area contributed by atoms with E-state index in [1.165, 1.54) is 64.2 Å². The molecule has 4 amide bonds. The van der Waals surface area contributed by atoms with E-state index in [4.69, 9.17) is 23.7 Å². The molecule has 2 aromatic rings. The number of carbonyl (C=O) groups is 7. The predicted octanol–water partition coefficient (Wildman–Crippen LogP) is 10.8. The van der Waals surface area contributed by atoms with E-state index in [0.717, 1.165) is 80.0 Å². The number of esters is 2. The number of ether oxygens (including phenoxy) is 5. The Morgan fingerprint density at radius 1 is 0.526 bits per heavy atom. The number of nitrogens with one attached hydrogen (secondary N) is 4. The Morgan fingerprint density at radius 2 is 1.08 bits per heavy atom. The minimum absolute atomic E-state index is 0.0193. The second-order valence-corrected chi connectivity index (χ2v) is 21.5. The predicted molar refractivity (Wildman–Crippen MR) is 302 cm³/mol. The molecule has 3 rings (SSSR count). The normalized spacial score (nSPS) is 12.7. The highest BCUT2D eigenvalue weighted by Crippen LogP contribution is 2.44. The molecule has 0 radical (unpaired) electrons. The molecule has 0 saturated carbocycles. The molecule has 0 aliphatic heterocycles. The summed E-state index contributed by atoms with van der Waals surface area (Å²) in [4.78, 5) is 87.1. The monoisotopic (exact) mass is 1090 g/mol. The van der Waals surface area contributed by atoms with Crippen molar-refractivity contribution < 1.29 is 62.4 Å².